The highest BCUT2D eigenvalue weighted by Crippen LogP contribution is 2.24. The second-order valence-corrected chi connectivity index (χ2v) is 6.36. The Hall–Kier alpha value is -3.04. The molecule has 0 aliphatic rings. The van der Waals surface area contributed by atoms with Gasteiger partial charge in [-0.3, -0.25) is 4.79 Å². The molecule has 0 saturated carbocycles. The number of carbonyl (C=O) groups is 1. The van der Waals surface area contributed by atoms with Gasteiger partial charge in [-0.2, -0.15) is 4.99 Å². The Kier molecular flexibility index (Phi) is 5.40. The molecule has 0 N–H and O–H groups in total. The second kappa shape index (κ2) is 7.89. The number of ether oxygens (including phenoxy) is 2. The number of nitrogens with zero attached hydrogens (tertiary/aromatic N) is 2. The summed E-state index contributed by atoms with van der Waals surface area (Å²) in [5.74, 6) is 3.52. The molecule has 2 aromatic carbocycles. The standard InChI is InChI=1S/C20H18N2O3S/c1-4-12-22-16-11-10-14(24-3)13-18(16)26-20(22)21-19(23)15-8-6-7-9-17(15)25-5-2/h1,6-11,13H,5,12H2,2-3H3. The lowest BCUT2D eigenvalue weighted by Gasteiger charge is -2.06. The lowest BCUT2D eigenvalue weighted by Crippen LogP contribution is -2.16. The lowest BCUT2D eigenvalue weighted by atomic mass is 10.2. The normalized spacial score (nSPS) is 11.3. The molecular weight excluding hydrogens is 348 g/mol. The molecular formula is C20H18N2O3S. The molecule has 0 saturated heterocycles. The Balaban J connectivity index is 2.13. The van der Waals surface area contributed by atoms with Crippen molar-refractivity contribution in [3.63, 3.8) is 0 Å². The number of hydrogen-bond acceptors (Lipinski definition) is 4. The predicted molar refractivity (Wildman–Crippen MR) is 103 cm³/mol. The summed E-state index contributed by atoms with van der Waals surface area (Å²) in [5, 5.41) is 0. The molecule has 0 spiro atoms. The first-order chi connectivity index (χ1) is 12.7. The molecule has 0 aliphatic heterocycles. The van der Waals surface area contributed by atoms with Crippen LogP contribution in [-0.4, -0.2) is 24.2 Å². The first kappa shape index (κ1) is 17.8. The molecule has 0 aliphatic carbocycles. The molecule has 26 heavy (non-hydrogen) atoms. The zero-order valence-corrected chi connectivity index (χ0v) is 15.4. The summed E-state index contributed by atoms with van der Waals surface area (Å²) >= 11 is 1.39. The molecule has 0 atom stereocenters. The molecule has 1 heterocycles. The third kappa shape index (κ3) is 3.48. The molecule has 132 valence electrons. The summed E-state index contributed by atoms with van der Waals surface area (Å²) in [6.07, 6.45) is 5.50. The van der Waals surface area contributed by atoms with Gasteiger partial charge in [-0.1, -0.05) is 29.4 Å². The molecule has 0 fully saturated rings. The maximum Gasteiger partial charge on any atom is 0.283 e. The molecule has 1 amide bonds. The van der Waals surface area contributed by atoms with Crippen molar-refractivity contribution in [2.45, 2.75) is 13.5 Å². The van der Waals surface area contributed by atoms with Gasteiger partial charge in [-0.05, 0) is 37.3 Å². The maximum atomic E-state index is 12.7. The fourth-order valence-corrected chi connectivity index (χ4v) is 3.64. The number of carbonyl (C=O) groups excluding carboxylic acids is 1. The monoisotopic (exact) mass is 366 g/mol. The van der Waals surface area contributed by atoms with Crippen molar-refractivity contribution in [3.8, 4) is 23.8 Å². The fourth-order valence-electron chi connectivity index (χ4n) is 2.58. The Morgan fingerprint density at radius 3 is 2.85 bits per heavy atom. The molecule has 0 bridgehead atoms. The summed E-state index contributed by atoms with van der Waals surface area (Å²) in [5.41, 5.74) is 1.34. The van der Waals surface area contributed by atoms with Crippen LogP contribution in [0.5, 0.6) is 11.5 Å². The first-order valence-electron chi connectivity index (χ1n) is 8.09. The van der Waals surface area contributed by atoms with E-state index in [1.165, 1.54) is 11.3 Å². The zero-order valence-electron chi connectivity index (χ0n) is 14.6. The van der Waals surface area contributed by atoms with E-state index in [2.05, 4.69) is 10.9 Å². The minimum absolute atomic E-state index is 0.325. The third-order valence-corrected chi connectivity index (χ3v) is 4.79. The molecule has 0 radical (unpaired) electrons. The molecule has 1 aromatic heterocycles. The van der Waals surface area contributed by atoms with Crippen LogP contribution in [0, 0.1) is 12.3 Å². The van der Waals surface area contributed by atoms with Crippen LogP contribution in [0.1, 0.15) is 17.3 Å². The van der Waals surface area contributed by atoms with Crippen molar-refractivity contribution < 1.29 is 14.3 Å². The van der Waals surface area contributed by atoms with Crippen LogP contribution in [0.2, 0.25) is 0 Å². The van der Waals surface area contributed by atoms with Gasteiger partial charge in [0.2, 0.25) is 0 Å². The first-order valence-corrected chi connectivity index (χ1v) is 8.91. The van der Waals surface area contributed by atoms with E-state index in [1.807, 2.05) is 35.8 Å². The van der Waals surface area contributed by atoms with Crippen LogP contribution >= 0.6 is 11.3 Å². The van der Waals surface area contributed by atoms with Crippen LogP contribution in [-0.2, 0) is 6.54 Å². The molecule has 5 nitrogen and oxygen atoms in total. The van der Waals surface area contributed by atoms with Crippen LogP contribution in [0.3, 0.4) is 0 Å². The van der Waals surface area contributed by atoms with Crippen molar-refractivity contribution in [2.24, 2.45) is 4.99 Å². The van der Waals surface area contributed by atoms with E-state index in [9.17, 15) is 4.79 Å². The van der Waals surface area contributed by atoms with E-state index in [0.717, 1.165) is 16.0 Å². The van der Waals surface area contributed by atoms with Crippen molar-refractivity contribution in [3.05, 3.63) is 52.8 Å². The zero-order chi connectivity index (χ0) is 18.5. The number of hydrogen-bond donors (Lipinski definition) is 0. The molecule has 6 heteroatoms. The number of para-hydroxylation sites is 1. The van der Waals surface area contributed by atoms with Crippen LogP contribution in [0.25, 0.3) is 10.2 Å². The molecule has 3 aromatic rings. The highest BCUT2D eigenvalue weighted by molar-refractivity contribution is 7.16. The topological polar surface area (TPSA) is 52.8 Å². The van der Waals surface area contributed by atoms with Crippen molar-refractivity contribution in [1.29, 1.82) is 0 Å². The summed E-state index contributed by atoms with van der Waals surface area (Å²) in [6.45, 7) is 2.67. The molecule has 3 rings (SSSR count). The Labute approximate surface area is 155 Å². The van der Waals surface area contributed by atoms with Gasteiger partial charge in [0.1, 0.15) is 11.5 Å². The predicted octanol–water partition coefficient (Wildman–Crippen LogP) is 3.48. The van der Waals surface area contributed by atoms with E-state index >= 15 is 0 Å². The largest absolute Gasteiger partial charge is 0.497 e. The Morgan fingerprint density at radius 1 is 1.31 bits per heavy atom. The second-order valence-electron chi connectivity index (χ2n) is 5.35. The minimum Gasteiger partial charge on any atom is -0.497 e. The summed E-state index contributed by atoms with van der Waals surface area (Å²) in [4.78, 5) is 17.6. The number of rotatable bonds is 5. The average Bonchev–Trinajstić information content (AvgIpc) is 2.99. The van der Waals surface area contributed by atoms with Crippen molar-refractivity contribution in [1.82, 2.24) is 4.57 Å². The number of methoxy groups -OCH3 is 1. The number of amides is 1. The quantitative estimate of drug-likeness (QED) is 0.650. The van der Waals surface area contributed by atoms with Crippen LogP contribution in [0.4, 0.5) is 0 Å². The third-order valence-electron chi connectivity index (χ3n) is 3.75. The maximum absolute atomic E-state index is 12.7. The van der Waals surface area contributed by atoms with Crippen molar-refractivity contribution in [2.75, 3.05) is 13.7 Å². The minimum atomic E-state index is -0.363. The van der Waals surface area contributed by atoms with Gasteiger partial charge in [-0.15, -0.1) is 6.42 Å². The summed E-state index contributed by atoms with van der Waals surface area (Å²) in [6, 6.07) is 12.8. The van der Waals surface area contributed by atoms with Gasteiger partial charge in [0.05, 0.1) is 36.0 Å². The number of terminal acetylenes is 1. The average molecular weight is 366 g/mol. The van der Waals surface area contributed by atoms with Crippen molar-refractivity contribution >= 4 is 27.5 Å². The van der Waals surface area contributed by atoms with Gasteiger partial charge < -0.3 is 14.0 Å². The van der Waals surface area contributed by atoms with Gasteiger partial charge in [0.15, 0.2) is 4.80 Å². The number of thiazole rings is 1. The Bertz CT molecular complexity index is 1060. The van der Waals surface area contributed by atoms with E-state index in [1.54, 1.807) is 25.3 Å². The number of fused-ring (bicyclic) bond motifs is 1. The number of benzene rings is 2. The fraction of sp³-hybridized carbons (Fsp3) is 0.200. The van der Waals surface area contributed by atoms with E-state index in [-0.39, 0.29) is 5.91 Å². The van der Waals surface area contributed by atoms with E-state index in [0.29, 0.717) is 29.3 Å². The van der Waals surface area contributed by atoms with E-state index in [4.69, 9.17) is 15.9 Å². The van der Waals surface area contributed by atoms with E-state index < -0.39 is 0 Å². The summed E-state index contributed by atoms with van der Waals surface area (Å²) in [7, 11) is 1.61. The smallest absolute Gasteiger partial charge is 0.283 e. The Morgan fingerprint density at radius 2 is 2.12 bits per heavy atom. The van der Waals surface area contributed by atoms with Gasteiger partial charge >= 0.3 is 0 Å². The SMILES string of the molecule is C#CCn1c(=NC(=O)c2ccccc2OCC)sc2cc(OC)ccc21. The highest BCUT2D eigenvalue weighted by Gasteiger charge is 2.13. The molecule has 0 unspecified atom stereocenters. The summed E-state index contributed by atoms with van der Waals surface area (Å²) < 4.78 is 13.6. The van der Waals surface area contributed by atoms with Crippen LogP contribution in [0.15, 0.2) is 47.5 Å². The van der Waals surface area contributed by atoms with Crippen LogP contribution < -0.4 is 14.3 Å². The van der Waals surface area contributed by atoms with Gasteiger partial charge in [-0.25, -0.2) is 0 Å². The van der Waals surface area contributed by atoms with Gasteiger partial charge in [0, 0.05) is 0 Å². The number of aromatic nitrogens is 1. The van der Waals surface area contributed by atoms with Gasteiger partial charge in [0.25, 0.3) is 5.91 Å². The lowest BCUT2D eigenvalue weighted by molar-refractivity contribution is 0.0994. The highest BCUT2D eigenvalue weighted by atomic mass is 32.1.